The van der Waals surface area contributed by atoms with Crippen molar-refractivity contribution in [2.75, 3.05) is 5.32 Å². The number of aryl methyl sites for hydroxylation is 1. The molecular weight excluding hydrogens is 446 g/mol. The molecule has 0 unspecified atom stereocenters. The Bertz CT molecular complexity index is 1240. The van der Waals surface area contributed by atoms with E-state index in [0.717, 1.165) is 11.1 Å². The van der Waals surface area contributed by atoms with Crippen LogP contribution in [0.3, 0.4) is 0 Å². The molecule has 0 aliphatic rings. The highest BCUT2D eigenvalue weighted by atomic mass is 16.6. The number of rotatable bonds is 8. The molecule has 3 aromatic carbocycles. The van der Waals surface area contributed by atoms with Crippen LogP contribution in [-0.2, 0) is 27.2 Å². The first-order valence-electron chi connectivity index (χ1n) is 11.3. The third-order valence-corrected chi connectivity index (χ3v) is 5.09. The van der Waals surface area contributed by atoms with E-state index < -0.39 is 17.5 Å². The Kier molecular flexibility index (Phi) is 7.91. The Morgan fingerprint density at radius 1 is 0.914 bits per heavy atom. The topological polar surface area (TPSA) is 113 Å². The molecule has 0 aliphatic heterocycles. The zero-order chi connectivity index (χ0) is 25.6. The summed E-state index contributed by atoms with van der Waals surface area (Å²) in [5, 5.41) is 22.1. The predicted molar refractivity (Wildman–Crippen MR) is 133 cm³/mol. The van der Waals surface area contributed by atoms with E-state index in [-0.39, 0.29) is 30.1 Å². The standard InChI is InChI=1S/C28H29NO6/c1-28(2,3)35-26(33)12-11-18-7-6-9-19(13-18)21-14-22(16-23(30)15-21)27(34)29-24-10-5-4-8-20(24)17-25(31)32/h4-10,13-16,30H,11-12,17H2,1-3H3,(H,29,34)(H,31,32). The van der Waals surface area contributed by atoms with Crippen molar-refractivity contribution in [2.45, 2.75) is 45.6 Å². The van der Waals surface area contributed by atoms with Gasteiger partial charge in [-0.25, -0.2) is 0 Å². The van der Waals surface area contributed by atoms with Gasteiger partial charge in [-0.15, -0.1) is 0 Å². The first kappa shape index (κ1) is 25.5. The van der Waals surface area contributed by atoms with E-state index in [0.29, 0.717) is 23.2 Å². The molecule has 1 amide bonds. The fourth-order valence-electron chi connectivity index (χ4n) is 3.61. The number of phenolic OH excluding ortho intramolecular Hbond substituents is 1. The maximum absolute atomic E-state index is 12.9. The van der Waals surface area contributed by atoms with Gasteiger partial charge in [0.25, 0.3) is 5.91 Å². The largest absolute Gasteiger partial charge is 0.508 e. The zero-order valence-electron chi connectivity index (χ0n) is 20.0. The van der Waals surface area contributed by atoms with Gasteiger partial charge in [-0.3, -0.25) is 14.4 Å². The van der Waals surface area contributed by atoms with Gasteiger partial charge in [-0.1, -0.05) is 42.5 Å². The molecule has 3 aromatic rings. The number of nitrogens with one attached hydrogen (secondary N) is 1. The Labute approximate surface area is 204 Å². The minimum absolute atomic E-state index is 0.0781. The van der Waals surface area contributed by atoms with Gasteiger partial charge in [-0.2, -0.15) is 0 Å². The molecule has 0 bridgehead atoms. The summed E-state index contributed by atoms with van der Waals surface area (Å²) in [4.78, 5) is 36.1. The zero-order valence-corrected chi connectivity index (χ0v) is 20.0. The average Bonchev–Trinajstić information content (AvgIpc) is 2.77. The van der Waals surface area contributed by atoms with Crippen LogP contribution in [0, 0.1) is 0 Å². The molecule has 3 N–H and O–H groups in total. The van der Waals surface area contributed by atoms with Crippen LogP contribution in [0.5, 0.6) is 5.75 Å². The lowest BCUT2D eigenvalue weighted by Crippen LogP contribution is -2.24. The number of ether oxygens (including phenoxy) is 1. The van der Waals surface area contributed by atoms with Crippen molar-refractivity contribution in [3.05, 3.63) is 83.4 Å². The first-order valence-corrected chi connectivity index (χ1v) is 11.3. The van der Waals surface area contributed by atoms with Crippen LogP contribution in [0.4, 0.5) is 5.69 Å². The van der Waals surface area contributed by atoms with Gasteiger partial charge in [0.05, 0.1) is 6.42 Å². The summed E-state index contributed by atoms with van der Waals surface area (Å²) in [5.74, 6) is -1.83. The molecule has 7 nitrogen and oxygen atoms in total. The number of anilines is 1. The number of benzene rings is 3. The van der Waals surface area contributed by atoms with Crippen LogP contribution >= 0.6 is 0 Å². The van der Waals surface area contributed by atoms with E-state index in [1.165, 1.54) is 6.07 Å². The molecular formula is C28H29NO6. The molecule has 0 radical (unpaired) electrons. The Morgan fingerprint density at radius 3 is 2.37 bits per heavy atom. The fraction of sp³-hybridized carbons (Fsp3) is 0.250. The quantitative estimate of drug-likeness (QED) is 0.385. The highest BCUT2D eigenvalue weighted by Gasteiger charge is 2.17. The highest BCUT2D eigenvalue weighted by Crippen LogP contribution is 2.28. The van der Waals surface area contributed by atoms with E-state index in [1.54, 1.807) is 36.4 Å². The molecule has 0 spiro atoms. The number of esters is 1. The third-order valence-electron chi connectivity index (χ3n) is 5.09. The molecule has 0 saturated carbocycles. The van der Waals surface area contributed by atoms with Crippen molar-refractivity contribution in [2.24, 2.45) is 0 Å². The molecule has 0 heterocycles. The predicted octanol–water partition coefficient (Wildman–Crippen LogP) is 5.21. The number of carboxylic acid groups (broad SMARTS) is 1. The van der Waals surface area contributed by atoms with Crippen molar-refractivity contribution < 1.29 is 29.3 Å². The Morgan fingerprint density at radius 2 is 1.66 bits per heavy atom. The van der Waals surface area contributed by atoms with Crippen LogP contribution in [0.15, 0.2) is 66.7 Å². The molecule has 35 heavy (non-hydrogen) atoms. The average molecular weight is 476 g/mol. The third kappa shape index (κ3) is 7.71. The number of para-hydroxylation sites is 1. The molecule has 7 heteroatoms. The Balaban J connectivity index is 1.79. The second kappa shape index (κ2) is 10.9. The summed E-state index contributed by atoms with van der Waals surface area (Å²) in [6.45, 7) is 5.48. The molecule has 0 atom stereocenters. The van der Waals surface area contributed by atoms with Crippen molar-refractivity contribution in [3.63, 3.8) is 0 Å². The lowest BCUT2D eigenvalue weighted by Gasteiger charge is -2.19. The number of hydrogen-bond donors (Lipinski definition) is 3. The van der Waals surface area contributed by atoms with Crippen molar-refractivity contribution in [1.29, 1.82) is 0 Å². The maximum atomic E-state index is 12.9. The van der Waals surface area contributed by atoms with E-state index in [1.807, 2.05) is 45.0 Å². The number of amides is 1. The van der Waals surface area contributed by atoms with Crippen molar-refractivity contribution >= 4 is 23.5 Å². The van der Waals surface area contributed by atoms with Crippen LogP contribution in [0.1, 0.15) is 48.7 Å². The summed E-state index contributed by atoms with van der Waals surface area (Å²) in [7, 11) is 0. The number of carbonyl (C=O) groups excluding carboxylic acids is 2. The van der Waals surface area contributed by atoms with E-state index in [9.17, 15) is 19.5 Å². The highest BCUT2D eigenvalue weighted by molar-refractivity contribution is 6.05. The van der Waals surface area contributed by atoms with Gasteiger partial charge >= 0.3 is 11.9 Å². The molecule has 182 valence electrons. The molecule has 3 rings (SSSR count). The Hall–Kier alpha value is -4.13. The lowest BCUT2D eigenvalue weighted by molar-refractivity contribution is -0.154. The second-order valence-corrected chi connectivity index (χ2v) is 9.24. The van der Waals surface area contributed by atoms with E-state index >= 15 is 0 Å². The molecule has 0 aliphatic carbocycles. The van der Waals surface area contributed by atoms with Crippen LogP contribution in [0.25, 0.3) is 11.1 Å². The van der Waals surface area contributed by atoms with Crippen molar-refractivity contribution in [1.82, 2.24) is 0 Å². The lowest BCUT2D eigenvalue weighted by atomic mass is 9.98. The SMILES string of the molecule is CC(C)(C)OC(=O)CCc1cccc(-c2cc(O)cc(C(=O)Nc3ccccc3CC(=O)O)c2)c1. The van der Waals surface area contributed by atoms with Gasteiger partial charge in [0.15, 0.2) is 0 Å². The maximum Gasteiger partial charge on any atom is 0.307 e. The molecule has 0 saturated heterocycles. The van der Waals surface area contributed by atoms with Gasteiger partial charge in [0, 0.05) is 17.7 Å². The molecule has 0 fully saturated rings. The monoisotopic (exact) mass is 475 g/mol. The van der Waals surface area contributed by atoms with Crippen LogP contribution < -0.4 is 5.32 Å². The van der Waals surface area contributed by atoms with E-state index in [4.69, 9.17) is 9.84 Å². The summed E-state index contributed by atoms with van der Waals surface area (Å²) >= 11 is 0. The van der Waals surface area contributed by atoms with Gasteiger partial charge < -0.3 is 20.3 Å². The number of phenols is 1. The summed E-state index contributed by atoms with van der Waals surface area (Å²) < 4.78 is 5.36. The normalized spacial score (nSPS) is 11.1. The van der Waals surface area contributed by atoms with Crippen LogP contribution in [-0.4, -0.2) is 33.7 Å². The minimum Gasteiger partial charge on any atom is -0.508 e. The number of hydrogen-bond acceptors (Lipinski definition) is 5. The first-order chi connectivity index (χ1) is 16.5. The van der Waals surface area contributed by atoms with Gasteiger partial charge in [0.2, 0.25) is 0 Å². The number of aromatic hydroxyl groups is 1. The number of carbonyl (C=O) groups is 3. The van der Waals surface area contributed by atoms with Crippen molar-refractivity contribution in [3.8, 4) is 16.9 Å². The van der Waals surface area contributed by atoms with Crippen LogP contribution in [0.2, 0.25) is 0 Å². The summed E-state index contributed by atoms with van der Waals surface area (Å²) in [5.41, 5.74) is 2.90. The second-order valence-electron chi connectivity index (χ2n) is 9.24. The molecule has 0 aromatic heterocycles. The van der Waals surface area contributed by atoms with Gasteiger partial charge in [0.1, 0.15) is 11.4 Å². The summed E-state index contributed by atoms with van der Waals surface area (Å²) in [6, 6.07) is 18.8. The number of carboxylic acids is 1. The smallest absolute Gasteiger partial charge is 0.307 e. The minimum atomic E-state index is -1.00. The van der Waals surface area contributed by atoms with E-state index in [2.05, 4.69) is 5.32 Å². The number of aliphatic carboxylic acids is 1. The fourth-order valence-corrected chi connectivity index (χ4v) is 3.61. The van der Waals surface area contributed by atoms with Gasteiger partial charge in [-0.05, 0) is 73.7 Å². The summed E-state index contributed by atoms with van der Waals surface area (Å²) in [6.07, 6.45) is 0.511.